The highest BCUT2D eigenvalue weighted by Crippen LogP contribution is 2.47. The van der Waals surface area contributed by atoms with Crippen molar-refractivity contribution in [2.75, 3.05) is 11.9 Å². The number of esters is 1. The molecule has 0 saturated carbocycles. The number of amides is 1. The molecule has 3 rings (SSSR count). The number of alkyl halides is 3. The van der Waals surface area contributed by atoms with E-state index in [-0.39, 0.29) is 17.2 Å². The number of rotatable bonds is 6. The molecule has 0 atom stereocenters. The van der Waals surface area contributed by atoms with Crippen LogP contribution in [0, 0.1) is 0 Å². The van der Waals surface area contributed by atoms with Gasteiger partial charge >= 0.3 is 12.3 Å². The molecule has 1 aliphatic rings. The Kier molecular flexibility index (Phi) is 5.81. The Bertz CT molecular complexity index is 1010. The normalized spacial score (nSPS) is 12.4. The monoisotopic (exact) mass is 419 g/mol. The van der Waals surface area contributed by atoms with Gasteiger partial charge in [0.25, 0.3) is 0 Å². The minimum absolute atomic E-state index is 0.114. The Morgan fingerprint density at radius 1 is 1.13 bits per heavy atom. The summed E-state index contributed by atoms with van der Waals surface area (Å²) >= 11 is 0. The van der Waals surface area contributed by atoms with Gasteiger partial charge in [-0.15, -0.1) is 13.2 Å². The Morgan fingerprint density at radius 2 is 1.83 bits per heavy atom. The average Bonchev–Trinajstić information content (AvgIpc) is 3.18. The second-order valence-corrected chi connectivity index (χ2v) is 6.10. The maximum absolute atomic E-state index is 12.4. The van der Waals surface area contributed by atoms with Crippen molar-refractivity contribution in [3.8, 4) is 28.4 Å². The number of carbonyl (C=O) groups excluding carboxylic acids is 2. The van der Waals surface area contributed by atoms with Crippen LogP contribution in [0.3, 0.4) is 0 Å². The lowest BCUT2D eigenvalue weighted by Gasteiger charge is -2.17. The molecule has 156 valence electrons. The molecule has 6 nitrogen and oxygen atoms in total. The second-order valence-electron chi connectivity index (χ2n) is 6.10. The van der Waals surface area contributed by atoms with E-state index in [4.69, 9.17) is 9.47 Å². The van der Waals surface area contributed by atoms with E-state index in [2.05, 4.69) is 23.2 Å². The summed E-state index contributed by atoms with van der Waals surface area (Å²) in [5.74, 6) is -1.11. The summed E-state index contributed by atoms with van der Waals surface area (Å²) < 4.78 is 52.1. The fraction of sp³-hybridized carbons (Fsp3) is 0.143. The van der Waals surface area contributed by atoms with E-state index in [1.807, 2.05) is 0 Å². The molecule has 30 heavy (non-hydrogen) atoms. The van der Waals surface area contributed by atoms with Crippen LogP contribution < -0.4 is 19.5 Å². The number of hydrogen-bond donors (Lipinski definition) is 1. The summed E-state index contributed by atoms with van der Waals surface area (Å²) in [6.07, 6.45) is -2.37. The van der Waals surface area contributed by atoms with Crippen LogP contribution in [-0.4, -0.2) is 24.8 Å². The molecular formula is C21H16F3NO5. The van der Waals surface area contributed by atoms with Crippen LogP contribution in [0.15, 0.2) is 55.6 Å². The molecule has 0 spiro atoms. The van der Waals surface area contributed by atoms with Crippen molar-refractivity contribution in [2.24, 2.45) is 0 Å². The summed E-state index contributed by atoms with van der Waals surface area (Å²) in [5, 5.41) is 2.57. The molecule has 2 aromatic rings. The van der Waals surface area contributed by atoms with Gasteiger partial charge in [0.15, 0.2) is 5.75 Å². The van der Waals surface area contributed by atoms with Crippen molar-refractivity contribution in [1.82, 2.24) is 0 Å². The average molecular weight is 419 g/mol. The third kappa shape index (κ3) is 4.62. The van der Waals surface area contributed by atoms with Crippen molar-refractivity contribution in [1.29, 1.82) is 0 Å². The first-order chi connectivity index (χ1) is 14.2. The number of ether oxygens (including phenoxy) is 3. The van der Waals surface area contributed by atoms with Crippen LogP contribution in [0.25, 0.3) is 11.1 Å². The third-order valence-corrected chi connectivity index (χ3v) is 4.14. The van der Waals surface area contributed by atoms with E-state index in [1.54, 1.807) is 0 Å². The Hall–Kier alpha value is -3.75. The number of fused-ring (bicyclic) bond motifs is 1. The number of halogens is 3. The highest BCUT2D eigenvalue weighted by molar-refractivity contribution is 6.02. The lowest BCUT2D eigenvalue weighted by atomic mass is 9.98. The Labute approximate surface area is 169 Å². The zero-order valence-electron chi connectivity index (χ0n) is 15.5. The summed E-state index contributed by atoms with van der Waals surface area (Å²) in [7, 11) is 0. The van der Waals surface area contributed by atoms with E-state index in [9.17, 15) is 22.8 Å². The topological polar surface area (TPSA) is 73.9 Å². The summed E-state index contributed by atoms with van der Waals surface area (Å²) in [5.41, 5.74) is 1.74. The first-order valence-electron chi connectivity index (χ1n) is 8.68. The highest BCUT2D eigenvalue weighted by Gasteiger charge is 2.31. The number of anilines is 1. The maximum atomic E-state index is 12.4. The van der Waals surface area contributed by atoms with Gasteiger partial charge in [-0.25, -0.2) is 4.79 Å². The minimum Gasteiger partial charge on any atom is -0.492 e. The van der Waals surface area contributed by atoms with Gasteiger partial charge in [0.2, 0.25) is 5.91 Å². The van der Waals surface area contributed by atoms with Gasteiger partial charge in [0, 0.05) is 23.6 Å². The van der Waals surface area contributed by atoms with Crippen LogP contribution in [0.4, 0.5) is 18.9 Å². The molecule has 1 amide bonds. The van der Waals surface area contributed by atoms with Gasteiger partial charge in [-0.2, -0.15) is 0 Å². The standard InChI is InChI=1S/C21H16F3NO5/c1-3-17(26)25-16-11-15(12-5-7-13(8-6-12)30-21(22,23)24)19-14(9-10-28-19)20(16)29-18(27)4-2/h3-8,11H,1-2,9-10H2,(H,25,26). The van der Waals surface area contributed by atoms with E-state index in [1.165, 1.54) is 18.2 Å². The van der Waals surface area contributed by atoms with Gasteiger partial charge in [0.1, 0.15) is 11.5 Å². The van der Waals surface area contributed by atoms with Crippen molar-refractivity contribution in [3.63, 3.8) is 0 Å². The molecular weight excluding hydrogens is 403 g/mol. The third-order valence-electron chi connectivity index (χ3n) is 4.14. The fourth-order valence-corrected chi connectivity index (χ4v) is 2.94. The number of hydrogen-bond acceptors (Lipinski definition) is 5. The first-order valence-corrected chi connectivity index (χ1v) is 8.68. The lowest BCUT2D eigenvalue weighted by Crippen LogP contribution is -2.16. The zero-order chi connectivity index (χ0) is 21.9. The lowest BCUT2D eigenvalue weighted by molar-refractivity contribution is -0.274. The van der Waals surface area contributed by atoms with E-state index >= 15 is 0 Å². The molecule has 9 heteroatoms. The Balaban J connectivity index is 2.09. The van der Waals surface area contributed by atoms with Crippen molar-refractivity contribution in [2.45, 2.75) is 12.8 Å². The van der Waals surface area contributed by atoms with Crippen LogP contribution in [0.1, 0.15) is 5.56 Å². The second kappa shape index (κ2) is 8.32. The van der Waals surface area contributed by atoms with Crippen molar-refractivity contribution < 1.29 is 37.0 Å². The smallest absolute Gasteiger partial charge is 0.492 e. The van der Waals surface area contributed by atoms with E-state index in [0.29, 0.717) is 35.5 Å². The van der Waals surface area contributed by atoms with Gasteiger partial charge in [0.05, 0.1) is 12.3 Å². The van der Waals surface area contributed by atoms with E-state index < -0.39 is 18.2 Å². The quantitative estimate of drug-likeness (QED) is 0.427. The number of benzene rings is 2. The number of carbonyl (C=O) groups is 2. The summed E-state index contributed by atoms with van der Waals surface area (Å²) in [6.45, 7) is 7.04. The Morgan fingerprint density at radius 3 is 2.43 bits per heavy atom. The molecule has 0 aliphatic carbocycles. The van der Waals surface area contributed by atoms with Crippen LogP contribution in [-0.2, 0) is 16.0 Å². The molecule has 0 fully saturated rings. The SMILES string of the molecule is C=CC(=O)Nc1cc(-c2ccc(OC(F)(F)F)cc2)c2c(c1OC(=O)C=C)CCO2. The molecule has 2 aromatic carbocycles. The molecule has 0 bridgehead atoms. The van der Waals surface area contributed by atoms with Gasteiger partial charge < -0.3 is 19.5 Å². The van der Waals surface area contributed by atoms with Gasteiger partial charge in [-0.1, -0.05) is 25.3 Å². The predicted octanol–water partition coefficient (Wildman–Crippen LogP) is 4.40. The maximum Gasteiger partial charge on any atom is 0.573 e. The van der Waals surface area contributed by atoms with Crippen LogP contribution in [0.5, 0.6) is 17.2 Å². The first kappa shape index (κ1) is 21.0. The molecule has 0 saturated heterocycles. The molecule has 1 aliphatic heterocycles. The minimum atomic E-state index is -4.80. The molecule has 0 aromatic heterocycles. The fourth-order valence-electron chi connectivity index (χ4n) is 2.94. The van der Waals surface area contributed by atoms with Crippen molar-refractivity contribution >= 4 is 17.6 Å². The van der Waals surface area contributed by atoms with E-state index in [0.717, 1.165) is 24.3 Å². The van der Waals surface area contributed by atoms with Crippen LogP contribution in [0.2, 0.25) is 0 Å². The number of nitrogens with one attached hydrogen (secondary N) is 1. The van der Waals surface area contributed by atoms with Crippen molar-refractivity contribution in [3.05, 3.63) is 61.2 Å². The van der Waals surface area contributed by atoms with Gasteiger partial charge in [-0.05, 0) is 29.8 Å². The van der Waals surface area contributed by atoms with Crippen LogP contribution >= 0.6 is 0 Å². The molecule has 0 unspecified atom stereocenters. The predicted molar refractivity (Wildman–Crippen MR) is 102 cm³/mol. The summed E-state index contributed by atoms with van der Waals surface area (Å²) in [6, 6.07) is 6.69. The zero-order valence-corrected chi connectivity index (χ0v) is 15.5. The largest absolute Gasteiger partial charge is 0.573 e. The molecule has 0 radical (unpaired) electrons. The summed E-state index contributed by atoms with van der Waals surface area (Å²) in [4.78, 5) is 23.6. The van der Waals surface area contributed by atoms with Gasteiger partial charge in [-0.3, -0.25) is 4.79 Å². The molecule has 1 N–H and O–H groups in total. The molecule has 1 heterocycles. The highest BCUT2D eigenvalue weighted by atomic mass is 19.4.